The Bertz CT molecular complexity index is 1010. The third-order valence-corrected chi connectivity index (χ3v) is 5.34. The number of fused-ring (bicyclic) bond motifs is 1. The molecule has 4 rings (SSSR count). The van der Waals surface area contributed by atoms with E-state index in [1.165, 1.54) is 0 Å². The van der Waals surface area contributed by atoms with Crippen molar-refractivity contribution in [3.05, 3.63) is 58.7 Å². The molecule has 0 saturated carbocycles. The van der Waals surface area contributed by atoms with Crippen molar-refractivity contribution in [2.45, 2.75) is 6.92 Å². The van der Waals surface area contributed by atoms with E-state index in [2.05, 4.69) is 15.6 Å². The molecule has 0 unspecified atom stereocenters. The maximum atomic E-state index is 12.9. The molecule has 138 valence electrons. The first-order chi connectivity index (χ1) is 13.0. The van der Waals surface area contributed by atoms with Gasteiger partial charge in [0.15, 0.2) is 0 Å². The lowest BCUT2D eigenvalue weighted by atomic mass is 9.94. The third kappa shape index (κ3) is 3.48. The summed E-state index contributed by atoms with van der Waals surface area (Å²) in [6.07, 6.45) is 1.70. The lowest BCUT2D eigenvalue weighted by Gasteiger charge is -2.27. The van der Waals surface area contributed by atoms with E-state index in [9.17, 15) is 4.79 Å². The van der Waals surface area contributed by atoms with Crippen molar-refractivity contribution in [2.75, 3.05) is 25.4 Å². The molecule has 0 aliphatic carbocycles. The number of halogens is 1. The van der Waals surface area contributed by atoms with Crippen LogP contribution in [0.3, 0.4) is 0 Å². The van der Waals surface area contributed by atoms with Crippen molar-refractivity contribution in [1.82, 2.24) is 15.6 Å². The highest BCUT2D eigenvalue weighted by atomic mass is 35.5. The number of nitrogens with zero attached hydrogens (tertiary/aromatic N) is 1. The Hall–Kier alpha value is -2.63. The number of aryl methyl sites for hydroxylation is 1. The van der Waals surface area contributed by atoms with Crippen LogP contribution in [0.15, 0.2) is 42.6 Å². The number of nitrogen functional groups attached to an aromatic ring is 1. The molecule has 1 saturated heterocycles. The fourth-order valence-electron chi connectivity index (χ4n) is 3.43. The lowest BCUT2D eigenvalue weighted by molar-refractivity contribution is 0.0944. The summed E-state index contributed by atoms with van der Waals surface area (Å²) in [6, 6.07) is 11.4. The zero-order chi connectivity index (χ0) is 19.0. The number of carbonyl (C=O) groups is 1. The van der Waals surface area contributed by atoms with Crippen LogP contribution in [0.4, 0.5) is 5.82 Å². The molecule has 2 aromatic carbocycles. The molecule has 0 spiro atoms. The largest absolute Gasteiger partial charge is 0.384 e. The zero-order valence-corrected chi connectivity index (χ0v) is 15.8. The molecule has 4 N–H and O–H groups in total. The van der Waals surface area contributed by atoms with Gasteiger partial charge < -0.3 is 16.4 Å². The Labute approximate surface area is 162 Å². The number of amides is 1. The summed E-state index contributed by atoms with van der Waals surface area (Å²) in [5.41, 5.74) is 9.33. The summed E-state index contributed by atoms with van der Waals surface area (Å²) in [7, 11) is 0. The molecule has 27 heavy (non-hydrogen) atoms. The van der Waals surface area contributed by atoms with Gasteiger partial charge >= 0.3 is 0 Å². The standard InChI is InChI=1S/C21H21ClN4O/c1-12-3-2-4-18(22)20(12)14-5-15-11-25-19(23)7-16(15)17(6-14)21(27)26-10-13-8-24-9-13/h2-7,11,13,24H,8-10H2,1H3,(H2,23,25)(H,26,27). The number of aromatic nitrogens is 1. The maximum absolute atomic E-state index is 12.9. The van der Waals surface area contributed by atoms with E-state index in [0.717, 1.165) is 40.6 Å². The number of anilines is 1. The molecular weight excluding hydrogens is 360 g/mol. The number of benzene rings is 2. The van der Waals surface area contributed by atoms with Crippen LogP contribution in [0.1, 0.15) is 15.9 Å². The molecule has 1 amide bonds. The molecule has 6 heteroatoms. The van der Waals surface area contributed by atoms with E-state index in [4.69, 9.17) is 17.3 Å². The van der Waals surface area contributed by atoms with Crippen LogP contribution in [0, 0.1) is 12.8 Å². The Kier molecular flexibility index (Phi) is 4.72. The summed E-state index contributed by atoms with van der Waals surface area (Å²) in [6.45, 7) is 4.55. The first-order valence-corrected chi connectivity index (χ1v) is 9.34. The van der Waals surface area contributed by atoms with Crippen molar-refractivity contribution in [3.8, 4) is 11.1 Å². The fourth-order valence-corrected chi connectivity index (χ4v) is 3.76. The van der Waals surface area contributed by atoms with Crippen molar-refractivity contribution in [1.29, 1.82) is 0 Å². The van der Waals surface area contributed by atoms with Gasteiger partial charge in [-0.25, -0.2) is 4.98 Å². The van der Waals surface area contributed by atoms with Gasteiger partial charge in [0.25, 0.3) is 5.91 Å². The number of rotatable bonds is 4. The maximum Gasteiger partial charge on any atom is 0.251 e. The number of pyridine rings is 1. The minimum Gasteiger partial charge on any atom is -0.384 e. The number of nitrogens with two attached hydrogens (primary N) is 1. The average Bonchev–Trinajstić information content (AvgIpc) is 2.59. The van der Waals surface area contributed by atoms with E-state index in [1.807, 2.05) is 37.3 Å². The van der Waals surface area contributed by atoms with Crippen molar-refractivity contribution < 1.29 is 4.79 Å². The molecule has 1 aliphatic heterocycles. The zero-order valence-electron chi connectivity index (χ0n) is 15.1. The average molecular weight is 381 g/mol. The molecule has 0 bridgehead atoms. The van der Waals surface area contributed by atoms with Gasteiger partial charge in [-0.3, -0.25) is 4.79 Å². The number of hydrogen-bond acceptors (Lipinski definition) is 4. The van der Waals surface area contributed by atoms with E-state index in [1.54, 1.807) is 12.3 Å². The second kappa shape index (κ2) is 7.18. The Morgan fingerprint density at radius 2 is 2.15 bits per heavy atom. The highest BCUT2D eigenvalue weighted by Gasteiger charge is 2.20. The molecule has 0 atom stereocenters. The number of hydrogen-bond donors (Lipinski definition) is 3. The number of nitrogens with one attached hydrogen (secondary N) is 2. The van der Waals surface area contributed by atoms with Gasteiger partial charge in [-0.05, 0) is 47.7 Å². The Morgan fingerprint density at radius 1 is 1.33 bits per heavy atom. The van der Waals surface area contributed by atoms with Crippen molar-refractivity contribution in [3.63, 3.8) is 0 Å². The van der Waals surface area contributed by atoms with Gasteiger partial charge in [0.2, 0.25) is 0 Å². The normalized spacial score (nSPS) is 14.1. The highest BCUT2D eigenvalue weighted by Crippen LogP contribution is 2.34. The smallest absolute Gasteiger partial charge is 0.251 e. The van der Waals surface area contributed by atoms with Crippen LogP contribution in [-0.2, 0) is 0 Å². The summed E-state index contributed by atoms with van der Waals surface area (Å²) in [5.74, 6) is 0.770. The first-order valence-electron chi connectivity index (χ1n) is 8.96. The molecule has 1 fully saturated rings. The van der Waals surface area contributed by atoms with Gasteiger partial charge in [-0.1, -0.05) is 23.7 Å². The first kappa shape index (κ1) is 17.8. The fraction of sp³-hybridized carbons (Fsp3) is 0.238. The van der Waals surface area contributed by atoms with Crippen molar-refractivity contribution in [2.24, 2.45) is 5.92 Å². The summed E-state index contributed by atoms with van der Waals surface area (Å²) >= 11 is 6.46. The predicted molar refractivity (Wildman–Crippen MR) is 110 cm³/mol. The van der Waals surface area contributed by atoms with Gasteiger partial charge in [-0.2, -0.15) is 0 Å². The summed E-state index contributed by atoms with van der Waals surface area (Å²) in [5, 5.41) is 8.57. The van der Waals surface area contributed by atoms with Gasteiger partial charge in [-0.15, -0.1) is 0 Å². The summed E-state index contributed by atoms with van der Waals surface area (Å²) < 4.78 is 0. The van der Waals surface area contributed by atoms with Crippen LogP contribution in [0.25, 0.3) is 21.9 Å². The SMILES string of the molecule is Cc1cccc(Cl)c1-c1cc(C(=O)NCC2CNC2)c2cc(N)ncc2c1. The van der Waals surface area contributed by atoms with Crippen LogP contribution in [0.5, 0.6) is 0 Å². The monoisotopic (exact) mass is 380 g/mol. The van der Waals surface area contributed by atoms with E-state index < -0.39 is 0 Å². The van der Waals surface area contributed by atoms with Gasteiger partial charge in [0.05, 0.1) is 0 Å². The van der Waals surface area contributed by atoms with Crippen LogP contribution in [0.2, 0.25) is 5.02 Å². The molecular formula is C21H21ClN4O. The molecule has 0 radical (unpaired) electrons. The molecule has 5 nitrogen and oxygen atoms in total. The second-order valence-corrected chi connectivity index (χ2v) is 7.43. The van der Waals surface area contributed by atoms with Gasteiger partial charge in [0.1, 0.15) is 5.82 Å². The second-order valence-electron chi connectivity index (χ2n) is 7.02. The van der Waals surface area contributed by atoms with E-state index >= 15 is 0 Å². The van der Waals surface area contributed by atoms with Crippen LogP contribution in [-0.4, -0.2) is 30.5 Å². The third-order valence-electron chi connectivity index (χ3n) is 5.03. The van der Waals surface area contributed by atoms with E-state index in [-0.39, 0.29) is 5.91 Å². The summed E-state index contributed by atoms with van der Waals surface area (Å²) in [4.78, 5) is 17.1. The van der Waals surface area contributed by atoms with Crippen LogP contribution >= 0.6 is 11.6 Å². The molecule has 1 aromatic heterocycles. The highest BCUT2D eigenvalue weighted by molar-refractivity contribution is 6.33. The minimum atomic E-state index is -0.107. The molecule has 2 heterocycles. The quantitative estimate of drug-likeness (QED) is 0.648. The molecule has 3 aromatic rings. The van der Waals surface area contributed by atoms with Gasteiger partial charge in [0, 0.05) is 53.3 Å². The topological polar surface area (TPSA) is 80.0 Å². The Balaban J connectivity index is 1.82. The van der Waals surface area contributed by atoms with E-state index in [0.29, 0.717) is 28.9 Å². The minimum absolute atomic E-state index is 0.107. The van der Waals surface area contributed by atoms with Crippen molar-refractivity contribution >= 4 is 34.1 Å². The molecule has 1 aliphatic rings. The lowest BCUT2D eigenvalue weighted by Crippen LogP contribution is -2.48. The number of carbonyl (C=O) groups excluding carboxylic acids is 1. The predicted octanol–water partition coefficient (Wildman–Crippen LogP) is 3.40. The van der Waals surface area contributed by atoms with Crippen LogP contribution < -0.4 is 16.4 Å². The Morgan fingerprint density at radius 3 is 2.85 bits per heavy atom.